The van der Waals surface area contributed by atoms with E-state index < -0.39 is 11.8 Å². The molecule has 1 N–H and O–H groups in total. The maximum absolute atomic E-state index is 12.4. The zero-order valence-electron chi connectivity index (χ0n) is 13.8. The molecule has 8 heteroatoms. The molecule has 1 saturated carbocycles. The van der Waals surface area contributed by atoms with Crippen molar-refractivity contribution in [2.24, 2.45) is 0 Å². The Morgan fingerprint density at radius 3 is 2.58 bits per heavy atom. The fourth-order valence-electron chi connectivity index (χ4n) is 2.64. The number of carbonyl (C=O) groups is 2. The number of rotatable bonds is 5. The molecule has 1 aliphatic carbocycles. The minimum Gasteiger partial charge on any atom is -0.342 e. The number of nitrogens with one attached hydrogen (secondary N) is 1. The normalized spacial score (nSPS) is 13.8. The van der Waals surface area contributed by atoms with Gasteiger partial charge in [-0.1, -0.05) is 11.2 Å². The molecule has 1 aromatic carbocycles. The average molecular weight is 329 g/mol. The van der Waals surface area contributed by atoms with Gasteiger partial charge in [-0.25, -0.2) is 5.01 Å². The van der Waals surface area contributed by atoms with E-state index in [9.17, 15) is 9.59 Å². The molecule has 24 heavy (non-hydrogen) atoms. The molecule has 8 nitrogen and oxygen atoms in total. The third-order valence-electron chi connectivity index (χ3n) is 3.72. The molecular formula is C16H19N5O3. The summed E-state index contributed by atoms with van der Waals surface area (Å²) in [5.74, 6) is -0.370. The Kier molecular flexibility index (Phi) is 4.30. The van der Waals surface area contributed by atoms with E-state index in [2.05, 4.69) is 20.5 Å². The highest BCUT2D eigenvalue weighted by molar-refractivity contribution is 6.07. The summed E-state index contributed by atoms with van der Waals surface area (Å²) in [7, 11) is 3.85. The SMILES string of the molecule is CC(=O)NC(=O)c1ccc(-c2ncon2)cc1N(C1CC1)N(C)C. The van der Waals surface area contributed by atoms with Crippen molar-refractivity contribution in [3.63, 3.8) is 0 Å². The van der Waals surface area contributed by atoms with Gasteiger partial charge >= 0.3 is 0 Å². The topological polar surface area (TPSA) is 91.6 Å². The van der Waals surface area contributed by atoms with Crippen LogP contribution in [0.1, 0.15) is 30.1 Å². The quantitative estimate of drug-likeness (QED) is 0.830. The van der Waals surface area contributed by atoms with Crippen LogP contribution >= 0.6 is 0 Å². The van der Waals surface area contributed by atoms with Crippen LogP contribution in [0.5, 0.6) is 0 Å². The maximum Gasteiger partial charge on any atom is 0.259 e. The molecule has 0 saturated heterocycles. The van der Waals surface area contributed by atoms with Crippen LogP contribution in [-0.4, -0.2) is 47.1 Å². The molecule has 1 aliphatic rings. The zero-order chi connectivity index (χ0) is 17.3. The molecule has 1 fully saturated rings. The molecule has 0 atom stereocenters. The van der Waals surface area contributed by atoms with Crippen molar-refractivity contribution >= 4 is 17.5 Å². The van der Waals surface area contributed by atoms with Gasteiger partial charge in [0.05, 0.1) is 11.3 Å². The monoisotopic (exact) mass is 329 g/mol. The Labute approximate surface area is 139 Å². The van der Waals surface area contributed by atoms with Crippen LogP contribution in [0.4, 0.5) is 5.69 Å². The number of hydrogen-bond acceptors (Lipinski definition) is 7. The van der Waals surface area contributed by atoms with E-state index in [0.29, 0.717) is 23.1 Å². The van der Waals surface area contributed by atoms with Crippen LogP contribution in [0.25, 0.3) is 11.4 Å². The lowest BCUT2D eigenvalue weighted by Crippen LogP contribution is -2.40. The van der Waals surface area contributed by atoms with Crippen LogP contribution in [-0.2, 0) is 4.79 Å². The second-order valence-electron chi connectivity index (χ2n) is 5.92. The Bertz CT molecular complexity index is 751. The van der Waals surface area contributed by atoms with Crippen molar-refractivity contribution in [3.8, 4) is 11.4 Å². The van der Waals surface area contributed by atoms with Crippen molar-refractivity contribution in [1.29, 1.82) is 0 Å². The predicted octanol–water partition coefficient (Wildman–Crippen LogP) is 1.46. The molecule has 2 aromatic rings. The minimum atomic E-state index is -0.426. The second-order valence-corrected chi connectivity index (χ2v) is 5.92. The summed E-state index contributed by atoms with van der Waals surface area (Å²) in [5, 5.41) is 10.2. The number of anilines is 1. The van der Waals surface area contributed by atoms with Crippen LogP contribution in [0, 0.1) is 0 Å². The highest BCUT2D eigenvalue weighted by atomic mass is 16.5. The summed E-state index contributed by atoms with van der Waals surface area (Å²) in [6.45, 7) is 1.32. The molecule has 126 valence electrons. The summed E-state index contributed by atoms with van der Waals surface area (Å²) in [6, 6.07) is 5.60. The van der Waals surface area contributed by atoms with Crippen molar-refractivity contribution < 1.29 is 14.1 Å². The number of carbonyl (C=O) groups excluding carboxylic acids is 2. The molecule has 0 unspecified atom stereocenters. The third-order valence-corrected chi connectivity index (χ3v) is 3.72. The Balaban J connectivity index is 2.07. The fourth-order valence-corrected chi connectivity index (χ4v) is 2.64. The Morgan fingerprint density at radius 1 is 1.29 bits per heavy atom. The lowest BCUT2D eigenvalue weighted by atomic mass is 10.1. The first-order valence-electron chi connectivity index (χ1n) is 7.66. The van der Waals surface area contributed by atoms with Gasteiger partial charge in [-0.3, -0.25) is 14.9 Å². The number of hydrogen-bond donors (Lipinski definition) is 1. The zero-order valence-corrected chi connectivity index (χ0v) is 13.8. The van der Waals surface area contributed by atoms with Crippen LogP contribution in [0.3, 0.4) is 0 Å². The summed E-state index contributed by atoms with van der Waals surface area (Å²) in [6.07, 6.45) is 3.37. The predicted molar refractivity (Wildman–Crippen MR) is 87.1 cm³/mol. The average Bonchev–Trinajstić information content (AvgIpc) is 3.18. The fraction of sp³-hybridized carbons (Fsp3) is 0.375. The van der Waals surface area contributed by atoms with Crippen molar-refractivity contribution in [2.45, 2.75) is 25.8 Å². The lowest BCUT2D eigenvalue weighted by molar-refractivity contribution is -0.118. The molecule has 0 aliphatic heterocycles. The molecule has 3 rings (SSSR count). The van der Waals surface area contributed by atoms with Gasteiger partial charge in [0, 0.05) is 32.6 Å². The van der Waals surface area contributed by atoms with Gasteiger partial charge in [-0.15, -0.1) is 0 Å². The lowest BCUT2D eigenvalue weighted by Gasteiger charge is -2.32. The number of imide groups is 1. The van der Waals surface area contributed by atoms with E-state index in [0.717, 1.165) is 18.4 Å². The molecule has 0 spiro atoms. The van der Waals surface area contributed by atoms with Gasteiger partial charge in [0.15, 0.2) is 0 Å². The van der Waals surface area contributed by atoms with Crippen LogP contribution in [0.2, 0.25) is 0 Å². The summed E-state index contributed by atoms with van der Waals surface area (Å²) < 4.78 is 4.80. The van der Waals surface area contributed by atoms with Gasteiger partial charge in [0.2, 0.25) is 18.1 Å². The molecule has 0 radical (unpaired) electrons. The Morgan fingerprint density at radius 2 is 2.04 bits per heavy atom. The van der Waals surface area contributed by atoms with Crippen molar-refractivity contribution in [2.75, 3.05) is 19.1 Å². The highest BCUT2D eigenvalue weighted by Crippen LogP contribution is 2.36. The van der Waals surface area contributed by atoms with Gasteiger partial charge < -0.3 is 9.53 Å². The molecular weight excluding hydrogens is 310 g/mol. The second kappa shape index (κ2) is 6.40. The van der Waals surface area contributed by atoms with Crippen LogP contribution in [0.15, 0.2) is 29.1 Å². The molecule has 1 heterocycles. The summed E-state index contributed by atoms with van der Waals surface area (Å²) >= 11 is 0. The van der Waals surface area contributed by atoms with Gasteiger partial charge in [0.25, 0.3) is 5.91 Å². The largest absolute Gasteiger partial charge is 0.342 e. The van der Waals surface area contributed by atoms with Crippen molar-refractivity contribution in [3.05, 3.63) is 30.2 Å². The van der Waals surface area contributed by atoms with E-state index in [1.54, 1.807) is 12.1 Å². The number of nitrogens with zero attached hydrogens (tertiary/aromatic N) is 4. The molecule has 1 aromatic heterocycles. The van der Waals surface area contributed by atoms with Gasteiger partial charge in [-0.2, -0.15) is 4.98 Å². The standard InChI is InChI=1S/C16H19N5O3/c1-10(22)18-16(23)13-7-4-11(15-17-9-24-19-15)8-14(13)21(20(2)3)12-5-6-12/h4,7-9,12H,5-6H2,1-3H3,(H,18,22,23). The van der Waals surface area contributed by atoms with E-state index in [4.69, 9.17) is 4.52 Å². The summed E-state index contributed by atoms with van der Waals surface area (Å²) in [4.78, 5) is 27.7. The van der Waals surface area contributed by atoms with E-state index >= 15 is 0 Å². The highest BCUT2D eigenvalue weighted by Gasteiger charge is 2.33. The first kappa shape index (κ1) is 16.1. The first-order chi connectivity index (χ1) is 11.5. The number of hydrazine groups is 1. The number of aromatic nitrogens is 2. The van der Waals surface area contributed by atoms with Gasteiger partial charge in [-0.05, 0) is 25.0 Å². The third kappa shape index (κ3) is 3.28. The van der Waals surface area contributed by atoms with E-state index in [1.807, 2.05) is 25.2 Å². The Hall–Kier alpha value is -2.74. The minimum absolute atomic E-state index is 0.337. The summed E-state index contributed by atoms with van der Waals surface area (Å²) in [5.41, 5.74) is 1.88. The van der Waals surface area contributed by atoms with E-state index in [-0.39, 0.29) is 0 Å². The van der Waals surface area contributed by atoms with Gasteiger partial charge in [0.1, 0.15) is 0 Å². The molecule has 0 bridgehead atoms. The van der Waals surface area contributed by atoms with Crippen molar-refractivity contribution in [1.82, 2.24) is 20.5 Å². The maximum atomic E-state index is 12.4. The number of amides is 2. The van der Waals surface area contributed by atoms with E-state index in [1.165, 1.54) is 13.3 Å². The molecule has 2 amide bonds. The first-order valence-corrected chi connectivity index (χ1v) is 7.66. The smallest absolute Gasteiger partial charge is 0.259 e. The van der Waals surface area contributed by atoms with Crippen LogP contribution < -0.4 is 10.3 Å². The number of benzene rings is 1.